The van der Waals surface area contributed by atoms with Gasteiger partial charge in [0.15, 0.2) is 0 Å². The Morgan fingerprint density at radius 2 is 1.48 bits per heavy atom. The van der Waals surface area contributed by atoms with Crippen LogP contribution in [-0.4, -0.2) is 39.5 Å². The molecular weight excluding hydrogens is 328 g/mol. The fraction of sp³-hybridized carbons (Fsp3) is 0.920. The SMILES string of the molecule is CC(C)(C)C1CC=C(CC(C)(C)C2C3CC3CN2C(C)(C)C)N1C(C)(C)C. The standard InChI is InChI=1S/C25H46N2/c1-22(2,3)20-13-12-18(27(20)24(7,8)9)15-25(10,11)21-19-14-17(19)16-26(21)23(4,5)6/h12,17,19-21H,13-16H2,1-11H3. The molecule has 1 saturated carbocycles. The predicted molar refractivity (Wildman–Crippen MR) is 118 cm³/mol. The van der Waals surface area contributed by atoms with Gasteiger partial charge >= 0.3 is 0 Å². The van der Waals surface area contributed by atoms with Crippen molar-refractivity contribution in [2.75, 3.05) is 6.54 Å². The highest BCUT2D eigenvalue weighted by atomic mass is 15.3. The quantitative estimate of drug-likeness (QED) is 0.570. The van der Waals surface area contributed by atoms with Crippen molar-refractivity contribution in [2.24, 2.45) is 22.7 Å². The topological polar surface area (TPSA) is 6.48 Å². The van der Waals surface area contributed by atoms with Gasteiger partial charge in [-0.3, -0.25) is 4.90 Å². The van der Waals surface area contributed by atoms with Crippen LogP contribution in [0.4, 0.5) is 0 Å². The summed E-state index contributed by atoms with van der Waals surface area (Å²) in [6, 6.07) is 1.33. The maximum Gasteiger partial charge on any atom is 0.0375 e. The molecule has 27 heavy (non-hydrogen) atoms. The van der Waals surface area contributed by atoms with Crippen LogP contribution in [0.3, 0.4) is 0 Å². The third kappa shape index (κ3) is 3.98. The van der Waals surface area contributed by atoms with Crippen LogP contribution < -0.4 is 0 Å². The minimum absolute atomic E-state index is 0.178. The summed E-state index contributed by atoms with van der Waals surface area (Å²) in [5, 5.41) is 0. The van der Waals surface area contributed by atoms with Gasteiger partial charge in [-0.2, -0.15) is 0 Å². The van der Waals surface area contributed by atoms with Gasteiger partial charge in [0.2, 0.25) is 0 Å². The molecular formula is C25H46N2. The number of likely N-dealkylation sites (tertiary alicyclic amines) is 1. The monoisotopic (exact) mass is 374 g/mol. The summed E-state index contributed by atoms with van der Waals surface area (Å²) in [5.41, 5.74) is 2.67. The van der Waals surface area contributed by atoms with E-state index in [-0.39, 0.29) is 11.1 Å². The van der Waals surface area contributed by atoms with Gasteiger partial charge in [0.25, 0.3) is 0 Å². The average molecular weight is 375 g/mol. The van der Waals surface area contributed by atoms with Crippen molar-refractivity contribution < 1.29 is 0 Å². The molecule has 0 aromatic rings. The van der Waals surface area contributed by atoms with Crippen molar-refractivity contribution in [1.29, 1.82) is 0 Å². The summed E-state index contributed by atoms with van der Waals surface area (Å²) < 4.78 is 0. The first-order valence-electron chi connectivity index (χ1n) is 11.3. The van der Waals surface area contributed by atoms with Crippen LogP contribution in [0, 0.1) is 22.7 Å². The first-order valence-corrected chi connectivity index (χ1v) is 11.3. The first-order chi connectivity index (χ1) is 12.0. The molecule has 2 heterocycles. The van der Waals surface area contributed by atoms with E-state index in [9.17, 15) is 0 Å². The Hall–Kier alpha value is -0.500. The predicted octanol–water partition coefficient (Wildman–Crippen LogP) is 6.32. The number of rotatable bonds is 3. The Kier molecular flexibility index (Phi) is 4.91. The smallest absolute Gasteiger partial charge is 0.0375 e. The van der Waals surface area contributed by atoms with Gasteiger partial charge in [-0.05, 0) is 83.5 Å². The van der Waals surface area contributed by atoms with E-state index in [0.717, 1.165) is 17.9 Å². The zero-order valence-corrected chi connectivity index (χ0v) is 20.1. The molecule has 3 rings (SSSR count). The number of nitrogens with zero attached hydrogens (tertiary/aromatic N) is 2. The van der Waals surface area contributed by atoms with E-state index in [2.05, 4.69) is 92.0 Å². The Bertz CT molecular complexity index is 593. The highest BCUT2D eigenvalue weighted by Gasteiger charge is 2.59. The molecule has 1 aliphatic carbocycles. The first kappa shape index (κ1) is 21.2. The fourth-order valence-corrected chi connectivity index (χ4v) is 6.18. The third-order valence-electron chi connectivity index (χ3n) is 7.37. The molecule has 2 aliphatic heterocycles. The fourth-order valence-electron chi connectivity index (χ4n) is 6.18. The highest BCUT2D eigenvalue weighted by molar-refractivity contribution is 5.21. The molecule has 2 fully saturated rings. The summed E-state index contributed by atoms with van der Waals surface area (Å²) in [6.07, 6.45) is 6.44. The second-order valence-electron chi connectivity index (χ2n) is 13.4. The number of piperidine rings is 1. The van der Waals surface area contributed by atoms with Crippen molar-refractivity contribution in [3.8, 4) is 0 Å². The zero-order chi connectivity index (χ0) is 20.6. The molecule has 1 saturated heterocycles. The lowest BCUT2D eigenvalue weighted by Gasteiger charge is -2.50. The summed E-state index contributed by atoms with van der Waals surface area (Å²) in [7, 11) is 0. The second kappa shape index (κ2) is 6.25. The van der Waals surface area contributed by atoms with Crippen LogP contribution in [-0.2, 0) is 0 Å². The highest BCUT2D eigenvalue weighted by Crippen LogP contribution is 2.58. The van der Waals surface area contributed by atoms with Crippen LogP contribution in [0.5, 0.6) is 0 Å². The van der Waals surface area contributed by atoms with Gasteiger partial charge in [0, 0.05) is 35.4 Å². The summed E-state index contributed by atoms with van der Waals surface area (Å²) in [6.45, 7) is 28.0. The molecule has 0 aromatic heterocycles. The van der Waals surface area contributed by atoms with E-state index in [1.165, 1.54) is 25.8 Å². The molecule has 0 N–H and O–H groups in total. The Balaban J connectivity index is 1.84. The van der Waals surface area contributed by atoms with Crippen molar-refractivity contribution in [3.05, 3.63) is 11.8 Å². The second-order valence-corrected chi connectivity index (χ2v) is 13.4. The van der Waals surface area contributed by atoms with E-state index in [0.29, 0.717) is 16.9 Å². The number of hydrogen-bond donors (Lipinski definition) is 0. The lowest BCUT2D eigenvalue weighted by Crippen LogP contribution is -2.54. The van der Waals surface area contributed by atoms with E-state index in [4.69, 9.17) is 0 Å². The van der Waals surface area contributed by atoms with E-state index in [1.807, 2.05) is 0 Å². The molecule has 0 bridgehead atoms. The van der Waals surface area contributed by atoms with Crippen LogP contribution >= 0.6 is 0 Å². The molecule has 2 heteroatoms. The van der Waals surface area contributed by atoms with Gasteiger partial charge in [-0.1, -0.05) is 40.7 Å². The van der Waals surface area contributed by atoms with Gasteiger partial charge in [-0.15, -0.1) is 0 Å². The van der Waals surface area contributed by atoms with Crippen molar-refractivity contribution in [3.63, 3.8) is 0 Å². The van der Waals surface area contributed by atoms with Crippen LogP contribution in [0.2, 0.25) is 0 Å². The molecule has 2 nitrogen and oxygen atoms in total. The van der Waals surface area contributed by atoms with Crippen molar-refractivity contribution >= 4 is 0 Å². The molecule has 4 atom stereocenters. The zero-order valence-electron chi connectivity index (χ0n) is 20.1. The van der Waals surface area contributed by atoms with Crippen LogP contribution in [0.15, 0.2) is 11.8 Å². The number of fused-ring (bicyclic) bond motifs is 1. The molecule has 0 radical (unpaired) electrons. The van der Waals surface area contributed by atoms with Crippen LogP contribution in [0.1, 0.15) is 95.4 Å². The van der Waals surface area contributed by atoms with Gasteiger partial charge in [0.1, 0.15) is 0 Å². The number of hydrogen-bond acceptors (Lipinski definition) is 2. The normalized spacial score (nSPS) is 32.7. The largest absolute Gasteiger partial charge is 0.366 e. The summed E-state index contributed by atoms with van der Waals surface area (Å²) in [5.74, 6) is 1.90. The Morgan fingerprint density at radius 3 is 1.96 bits per heavy atom. The molecule has 0 amide bonds. The third-order valence-corrected chi connectivity index (χ3v) is 7.37. The molecule has 156 valence electrons. The molecule has 0 aromatic carbocycles. The van der Waals surface area contributed by atoms with Gasteiger partial charge < -0.3 is 4.90 Å². The Labute approximate surface area is 169 Å². The lowest BCUT2D eigenvalue weighted by molar-refractivity contribution is 0.0163. The van der Waals surface area contributed by atoms with Crippen LogP contribution in [0.25, 0.3) is 0 Å². The minimum Gasteiger partial charge on any atom is -0.366 e. The lowest BCUT2D eigenvalue weighted by atomic mass is 9.76. The minimum atomic E-state index is 0.178. The maximum absolute atomic E-state index is 2.84. The van der Waals surface area contributed by atoms with E-state index in [1.54, 1.807) is 5.70 Å². The molecule has 0 spiro atoms. The van der Waals surface area contributed by atoms with E-state index >= 15 is 0 Å². The summed E-state index contributed by atoms with van der Waals surface area (Å²) in [4.78, 5) is 5.61. The number of allylic oxidation sites excluding steroid dienone is 1. The van der Waals surface area contributed by atoms with E-state index < -0.39 is 0 Å². The molecule has 4 unspecified atom stereocenters. The van der Waals surface area contributed by atoms with Gasteiger partial charge in [0.05, 0.1) is 0 Å². The maximum atomic E-state index is 2.84. The molecule has 3 aliphatic rings. The Morgan fingerprint density at radius 1 is 0.889 bits per heavy atom. The van der Waals surface area contributed by atoms with Crippen molar-refractivity contribution in [2.45, 2.75) is 119 Å². The van der Waals surface area contributed by atoms with Crippen molar-refractivity contribution in [1.82, 2.24) is 9.80 Å². The summed E-state index contributed by atoms with van der Waals surface area (Å²) >= 11 is 0. The average Bonchev–Trinajstić information content (AvgIpc) is 2.89. The van der Waals surface area contributed by atoms with Gasteiger partial charge in [-0.25, -0.2) is 0 Å².